The molecular weight excluding hydrogens is 462 g/mol. The molecule has 0 spiro atoms. The van der Waals surface area contributed by atoms with Gasteiger partial charge in [-0.3, -0.25) is 5.32 Å². The van der Waals surface area contributed by atoms with Gasteiger partial charge in [0.15, 0.2) is 11.2 Å². The SMILES string of the molecule is COC(=O)c1cccc(NC(=S)NC2COC3C(OC(=O)Nc4ccc(OC)cc4)COC23)c1. The van der Waals surface area contributed by atoms with Crippen LogP contribution in [-0.2, 0) is 18.9 Å². The number of hydrogen-bond donors (Lipinski definition) is 3. The first kappa shape index (κ1) is 23.7. The van der Waals surface area contributed by atoms with E-state index in [4.69, 9.17) is 35.9 Å². The molecule has 4 atom stereocenters. The van der Waals surface area contributed by atoms with E-state index in [0.29, 0.717) is 34.4 Å². The van der Waals surface area contributed by atoms with Crippen LogP contribution >= 0.6 is 12.2 Å². The first-order valence-electron chi connectivity index (χ1n) is 10.6. The number of anilines is 2. The number of methoxy groups -OCH3 is 2. The van der Waals surface area contributed by atoms with Gasteiger partial charge in [0.2, 0.25) is 0 Å². The highest BCUT2D eigenvalue weighted by Crippen LogP contribution is 2.29. The maximum atomic E-state index is 12.3. The van der Waals surface area contributed by atoms with E-state index in [9.17, 15) is 9.59 Å². The molecule has 2 aliphatic heterocycles. The Kier molecular flexibility index (Phi) is 7.46. The van der Waals surface area contributed by atoms with Crippen LogP contribution in [0.4, 0.5) is 16.2 Å². The van der Waals surface area contributed by atoms with Crippen LogP contribution in [0.1, 0.15) is 10.4 Å². The number of benzene rings is 2. The molecule has 0 saturated carbocycles. The predicted molar refractivity (Wildman–Crippen MR) is 127 cm³/mol. The second kappa shape index (κ2) is 10.7. The largest absolute Gasteiger partial charge is 0.497 e. The average molecular weight is 488 g/mol. The fourth-order valence-electron chi connectivity index (χ4n) is 3.83. The molecule has 1 amide bonds. The monoisotopic (exact) mass is 487 g/mol. The number of thiocarbonyl (C=S) groups is 1. The summed E-state index contributed by atoms with van der Waals surface area (Å²) in [7, 11) is 2.90. The molecule has 3 N–H and O–H groups in total. The first-order valence-corrected chi connectivity index (χ1v) is 11.0. The molecule has 11 heteroatoms. The van der Waals surface area contributed by atoms with Crippen LogP contribution in [0.15, 0.2) is 48.5 Å². The lowest BCUT2D eigenvalue weighted by Gasteiger charge is -2.20. The number of esters is 1. The van der Waals surface area contributed by atoms with Crippen molar-refractivity contribution >= 4 is 40.8 Å². The Morgan fingerprint density at radius 1 is 0.971 bits per heavy atom. The lowest BCUT2D eigenvalue weighted by Crippen LogP contribution is -2.46. The van der Waals surface area contributed by atoms with Crippen LogP contribution < -0.4 is 20.7 Å². The summed E-state index contributed by atoms with van der Waals surface area (Å²) in [5.74, 6) is 0.253. The Morgan fingerprint density at radius 2 is 1.74 bits per heavy atom. The van der Waals surface area contributed by atoms with E-state index < -0.39 is 24.3 Å². The van der Waals surface area contributed by atoms with Crippen molar-refractivity contribution in [2.75, 3.05) is 38.1 Å². The third-order valence-electron chi connectivity index (χ3n) is 5.46. The van der Waals surface area contributed by atoms with Gasteiger partial charge in [-0.1, -0.05) is 6.07 Å². The predicted octanol–water partition coefficient (Wildman–Crippen LogP) is 2.55. The van der Waals surface area contributed by atoms with E-state index in [1.54, 1.807) is 55.6 Å². The van der Waals surface area contributed by atoms with E-state index >= 15 is 0 Å². The zero-order valence-electron chi connectivity index (χ0n) is 18.6. The Labute approximate surface area is 201 Å². The quantitative estimate of drug-likeness (QED) is 0.415. The third kappa shape index (κ3) is 5.56. The highest BCUT2D eigenvalue weighted by Gasteiger charge is 2.49. The number of fused-ring (bicyclic) bond motifs is 1. The summed E-state index contributed by atoms with van der Waals surface area (Å²) in [6.45, 7) is 0.546. The first-order chi connectivity index (χ1) is 16.5. The average Bonchev–Trinajstić information content (AvgIpc) is 3.42. The lowest BCUT2D eigenvalue weighted by atomic mass is 10.1. The van der Waals surface area contributed by atoms with Crippen molar-refractivity contribution in [1.82, 2.24) is 5.32 Å². The van der Waals surface area contributed by atoms with Gasteiger partial charge < -0.3 is 34.3 Å². The Balaban J connectivity index is 1.27. The van der Waals surface area contributed by atoms with Crippen molar-refractivity contribution < 1.29 is 33.3 Å². The molecule has 0 bridgehead atoms. The summed E-state index contributed by atoms with van der Waals surface area (Å²) < 4.78 is 27.1. The van der Waals surface area contributed by atoms with Gasteiger partial charge in [-0.2, -0.15) is 0 Å². The highest BCUT2D eigenvalue weighted by atomic mass is 32.1. The molecule has 0 aliphatic carbocycles. The maximum absolute atomic E-state index is 12.3. The summed E-state index contributed by atoms with van der Waals surface area (Å²) in [4.78, 5) is 24.0. The second-order valence-electron chi connectivity index (χ2n) is 7.67. The summed E-state index contributed by atoms with van der Waals surface area (Å²) in [5.41, 5.74) is 1.63. The van der Waals surface area contributed by atoms with Crippen molar-refractivity contribution in [2.24, 2.45) is 0 Å². The third-order valence-corrected chi connectivity index (χ3v) is 5.68. The van der Waals surface area contributed by atoms with Crippen molar-refractivity contribution in [1.29, 1.82) is 0 Å². The number of carbonyl (C=O) groups is 2. The van der Waals surface area contributed by atoms with E-state index in [2.05, 4.69) is 16.0 Å². The van der Waals surface area contributed by atoms with Gasteiger partial charge in [-0.25, -0.2) is 9.59 Å². The van der Waals surface area contributed by atoms with Crippen molar-refractivity contribution in [2.45, 2.75) is 24.4 Å². The molecule has 0 radical (unpaired) electrons. The fourth-order valence-corrected chi connectivity index (χ4v) is 4.09. The number of carbonyl (C=O) groups excluding carboxylic acids is 2. The van der Waals surface area contributed by atoms with Gasteiger partial charge in [0.05, 0.1) is 39.0 Å². The van der Waals surface area contributed by atoms with Crippen LogP contribution in [0.2, 0.25) is 0 Å². The summed E-state index contributed by atoms with van der Waals surface area (Å²) >= 11 is 5.41. The van der Waals surface area contributed by atoms with Crippen molar-refractivity contribution in [3.63, 3.8) is 0 Å². The molecule has 2 aliphatic rings. The maximum Gasteiger partial charge on any atom is 0.412 e. The summed E-state index contributed by atoms with van der Waals surface area (Å²) in [6.07, 6.45) is -1.89. The van der Waals surface area contributed by atoms with Gasteiger partial charge in [-0.15, -0.1) is 0 Å². The number of hydrogen-bond acceptors (Lipinski definition) is 8. The normalized spacial score (nSPS) is 22.9. The van der Waals surface area contributed by atoms with Gasteiger partial charge in [0, 0.05) is 11.4 Å². The topological polar surface area (TPSA) is 116 Å². The zero-order valence-corrected chi connectivity index (χ0v) is 19.4. The molecule has 10 nitrogen and oxygen atoms in total. The Hall–Kier alpha value is -3.41. The van der Waals surface area contributed by atoms with Crippen LogP contribution in [0.5, 0.6) is 5.75 Å². The molecule has 2 fully saturated rings. The lowest BCUT2D eigenvalue weighted by molar-refractivity contribution is 0.00880. The van der Waals surface area contributed by atoms with Gasteiger partial charge >= 0.3 is 12.1 Å². The molecule has 2 saturated heterocycles. The van der Waals surface area contributed by atoms with E-state index in [1.165, 1.54) is 7.11 Å². The molecule has 34 heavy (non-hydrogen) atoms. The number of ether oxygens (including phenoxy) is 5. The Morgan fingerprint density at radius 3 is 2.47 bits per heavy atom. The van der Waals surface area contributed by atoms with Gasteiger partial charge in [0.25, 0.3) is 0 Å². The second-order valence-corrected chi connectivity index (χ2v) is 8.08. The minimum Gasteiger partial charge on any atom is -0.497 e. The minimum atomic E-state index is -0.595. The van der Waals surface area contributed by atoms with Crippen molar-refractivity contribution in [3.8, 4) is 5.75 Å². The molecule has 2 aromatic rings. The molecule has 4 rings (SSSR count). The van der Waals surface area contributed by atoms with Crippen LogP contribution in [0, 0.1) is 0 Å². The van der Waals surface area contributed by atoms with Gasteiger partial charge in [0.1, 0.15) is 18.0 Å². The molecule has 4 unspecified atom stereocenters. The standard InChI is InChI=1S/C23H25N3O7S/c1-29-16-8-6-14(7-9-16)25-23(28)33-18-12-32-19-17(11-31-20(18)19)26-22(34)24-15-5-3-4-13(10-15)21(27)30-2/h3-10,17-20H,11-12H2,1-2H3,(H,25,28)(H2,24,26,34). The van der Waals surface area contributed by atoms with Crippen LogP contribution in [0.3, 0.4) is 0 Å². The molecule has 0 aromatic heterocycles. The summed E-state index contributed by atoms with van der Waals surface area (Å²) in [5, 5.41) is 9.25. The smallest absolute Gasteiger partial charge is 0.412 e. The number of amides is 1. The van der Waals surface area contributed by atoms with Crippen LogP contribution in [-0.4, -0.2) is 69.0 Å². The fraction of sp³-hybridized carbons (Fsp3) is 0.348. The van der Waals surface area contributed by atoms with Crippen molar-refractivity contribution in [3.05, 3.63) is 54.1 Å². The molecule has 180 valence electrons. The Bertz CT molecular complexity index is 1050. The van der Waals surface area contributed by atoms with E-state index in [-0.39, 0.29) is 18.8 Å². The van der Waals surface area contributed by atoms with E-state index in [0.717, 1.165) is 0 Å². The summed E-state index contributed by atoms with van der Waals surface area (Å²) in [6, 6.07) is 13.5. The number of nitrogens with one attached hydrogen (secondary N) is 3. The van der Waals surface area contributed by atoms with Gasteiger partial charge in [-0.05, 0) is 54.7 Å². The molecule has 2 aromatic carbocycles. The minimum absolute atomic E-state index is 0.213. The molecule has 2 heterocycles. The van der Waals surface area contributed by atoms with Crippen LogP contribution in [0.25, 0.3) is 0 Å². The zero-order chi connectivity index (χ0) is 24.1. The number of rotatable bonds is 6. The highest BCUT2D eigenvalue weighted by molar-refractivity contribution is 7.80. The molecular formula is C23H25N3O7S. The van der Waals surface area contributed by atoms with E-state index in [1.807, 2.05) is 0 Å².